The van der Waals surface area contributed by atoms with E-state index in [0.717, 1.165) is 34.4 Å². The number of fused-ring (bicyclic) bond motifs is 1. The summed E-state index contributed by atoms with van der Waals surface area (Å²) in [7, 11) is 1.62. The van der Waals surface area contributed by atoms with Crippen molar-refractivity contribution in [2.45, 2.75) is 37.7 Å². The summed E-state index contributed by atoms with van der Waals surface area (Å²) in [6, 6.07) is 15.7. The van der Waals surface area contributed by atoms with Gasteiger partial charge in [0.2, 0.25) is 0 Å². The van der Waals surface area contributed by atoms with Gasteiger partial charge in [-0.15, -0.1) is 6.58 Å². The van der Waals surface area contributed by atoms with E-state index >= 15 is 0 Å². The number of rotatable bonds is 9. The van der Waals surface area contributed by atoms with Crippen molar-refractivity contribution in [3.8, 4) is 5.75 Å². The molecule has 0 aliphatic heterocycles. The first-order valence-corrected chi connectivity index (χ1v) is 9.98. The van der Waals surface area contributed by atoms with E-state index in [9.17, 15) is 9.90 Å². The fourth-order valence-corrected chi connectivity index (χ4v) is 4.01. The molecular weight excluding hydrogens is 360 g/mol. The second kappa shape index (κ2) is 9.53. The van der Waals surface area contributed by atoms with Crippen LogP contribution in [-0.4, -0.2) is 24.1 Å². The fourth-order valence-electron chi connectivity index (χ4n) is 4.01. The average molecular weight is 393 g/mol. The van der Waals surface area contributed by atoms with Gasteiger partial charge in [-0.25, -0.2) is 0 Å². The Labute approximate surface area is 176 Å². The van der Waals surface area contributed by atoms with Crippen molar-refractivity contribution in [2.24, 2.45) is 0 Å². The van der Waals surface area contributed by atoms with E-state index in [-0.39, 0.29) is 14.6 Å². The van der Waals surface area contributed by atoms with Crippen LogP contribution in [0, 0.1) is 0 Å². The zero-order chi connectivity index (χ0) is 20.8. The third-order valence-electron chi connectivity index (χ3n) is 5.52. The molecule has 1 aliphatic rings. The summed E-state index contributed by atoms with van der Waals surface area (Å²) in [5.74, 6) is 0.838. The highest BCUT2D eigenvalue weighted by Crippen LogP contribution is 2.43. The molecule has 0 saturated heterocycles. The number of benzene rings is 2. The number of carbonyl (C=O) groups is 1. The lowest BCUT2D eigenvalue weighted by molar-refractivity contribution is -0.115. The Hall–Kier alpha value is -2.91. The highest BCUT2D eigenvalue weighted by molar-refractivity contribution is 5.95. The number of ether oxygens (including phenoxy) is 1. The normalized spacial score (nSPS) is 19.0. The molecule has 2 unspecified atom stereocenters. The number of allylic oxidation sites excluding steroid dienone is 3. The van der Waals surface area contributed by atoms with Crippen molar-refractivity contribution in [2.75, 3.05) is 7.11 Å². The summed E-state index contributed by atoms with van der Waals surface area (Å²) in [5, 5.41) is 10.8. The van der Waals surface area contributed by atoms with Crippen molar-refractivity contribution >= 4 is 11.4 Å². The van der Waals surface area contributed by atoms with Crippen LogP contribution >= 0.6 is 0 Å². The third-order valence-corrected chi connectivity index (χ3v) is 5.52. The second-order valence-corrected chi connectivity index (χ2v) is 7.38. The van der Waals surface area contributed by atoms with Gasteiger partial charge in [-0.3, -0.25) is 4.79 Å². The molecule has 0 fully saturated rings. The summed E-state index contributed by atoms with van der Waals surface area (Å²) in [5.41, 5.74) is 4.67. The lowest BCUT2D eigenvalue weighted by Crippen LogP contribution is -2.12. The first-order chi connectivity index (χ1) is 14.1. The Morgan fingerprint density at radius 2 is 1.93 bits per heavy atom. The molecule has 2 aromatic carbocycles. The van der Waals surface area contributed by atoms with Gasteiger partial charge in [0.25, 0.3) is 0 Å². The third kappa shape index (κ3) is 4.57. The van der Waals surface area contributed by atoms with Crippen LogP contribution in [0.15, 0.2) is 79.4 Å². The molecule has 0 amide bonds. The molecule has 154 valence electrons. The monoisotopic (exact) mass is 392 g/mol. The van der Waals surface area contributed by atoms with Crippen LogP contribution in [0.4, 0.5) is 0 Å². The predicted octanol–water partition coefficient (Wildman–Crippen LogP) is 5.75. The van der Waals surface area contributed by atoms with Gasteiger partial charge in [0.05, 0.1) is 13.2 Å². The number of hydrogen-bond donors (Lipinski definition) is 1. The molecule has 0 heterocycles. The van der Waals surface area contributed by atoms with Gasteiger partial charge in [0.1, 0.15) is 5.75 Å². The first-order valence-electron chi connectivity index (χ1n) is 9.98. The number of ketones is 1. The average Bonchev–Trinajstić information content (AvgIpc) is 3.00. The van der Waals surface area contributed by atoms with Gasteiger partial charge in [-0.1, -0.05) is 61.2 Å². The number of hydrogen-bond acceptors (Lipinski definition) is 3. The minimum Gasteiger partial charge on any atom is -0.496 e. The minimum atomic E-state index is -0.558. The summed E-state index contributed by atoms with van der Waals surface area (Å²) < 4.78 is 5.35. The number of Topliss-reactive ketones (excluding diaryl/α,β-unsaturated/α-hetero) is 1. The molecule has 0 radical (unpaired) electrons. The van der Waals surface area contributed by atoms with E-state index in [1.807, 2.05) is 54.6 Å². The summed E-state index contributed by atoms with van der Waals surface area (Å²) in [6.45, 7) is 7.79. The lowest BCUT2D eigenvalue weighted by Gasteiger charge is -2.14. The molecular formula is C26H32O3. The summed E-state index contributed by atoms with van der Waals surface area (Å²) in [6.07, 6.45) is 5.44. The maximum Gasteiger partial charge on any atom is 0.158 e. The molecule has 0 aromatic heterocycles. The summed E-state index contributed by atoms with van der Waals surface area (Å²) >= 11 is 0. The van der Waals surface area contributed by atoms with E-state index in [2.05, 4.69) is 19.2 Å². The van der Waals surface area contributed by atoms with Crippen LogP contribution in [0.2, 0.25) is 0 Å². The summed E-state index contributed by atoms with van der Waals surface area (Å²) in [4.78, 5) is 12.6. The maximum absolute atomic E-state index is 12.6. The van der Waals surface area contributed by atoms with Gasteiger partial charge >= 0.3 is 0 Å². The van der Waals surface area contributed by atoms with E-state index in [1.54, 1.807) is 7.11 Å². The number of carbonyl (C=O) groups excluding carboxylic acids is 1. The molecule has 3 heteroatoms. The molecule has 2 atom stereocenters. The SMILES string of the molecule is C=CCC1c2ccccc2/C(=C/CCC(=O)C(=C)Cc2ccccc2OC)C1O.[HH].[HH]. The molecule has 3 rings (SSSR count). The van der Waals surface area contributed by atoms with Crippen molar-refractivity contribution in [3.63, 3.8) is 0 Å². The zero-order valence-corrected chi connectivity index (χ0v) is 16.9. The van der Waals surface area contributed by atoms with Crippen LogP contribution in [-0.2, 0) is 11.2 Å². The minimum absolute atomic E-state index is 0. The van der Waals surface area contributed by atoms with Crippen molar-refractivity contribution in [1.82, 2.24) is 0 Å². The molecule has 1 N–H and O–H groups in total. The van der Waals surface area contributed by atoms with E-state index < -0.39 is 6.10 Å². The molecule has 1 aliphatic carbocycles. The molecule has 0 saturated carbocycles. The standard InChI is InChI=1S/C26H28O3.2H2/c1-4-10-22-20-12-6-7-13-21(20)23(26(22)28)14-9-15-24(27)18(2)17-19-11-5-8-16-25(19)29-3;;/h4-8,11-14,16,22,26,28H,1-2,9-10,15,17H2,3H3;2*1H/b23-14-;;. The predicted molar refractivity (Wildman–Crippen MR) is 122 cm³/mol. The van der Waals surface area contributed by atoms with Crippen molar-refractivity contribution < 1.29 is 17.5 Å². The van der Waals surface area contributed by atoms with Crippen LogP contribution < -0.4 is 4.74 Å². The van der Waals surface area contributed by atoms with Gasteiger partial charge in [0, 0.05) is 21.6 Å². The van der Waals surface area contributed by atoms with Crippen LogP contribution in [0.3, 0.4) is 0 Å². The van der Waals surface area contributed by atoms with Gasteiger partial charge in [-0.05, 0) is 46.7 Å². The molecule has 29 heavy (non-hydrogen) atoms. The highest BCUT2D eigenvalue weighted by Gasteiger charge is 2.33. The molecule has 2 aromatic rings. The van der Waals surface area contributed by atoms with Gasteiger partial charge in [-0.2, -0.15) is 0 Å². The molecule has 0 bridgehead atoms. The Morgan fingerprint density at radius 3 is 2.69 bits per heavy atom. The number of para-hydroxylation sites is 1. The van der Waals surface area contributed by atoms with Crippen LogP contribution in [0.1, 0.15) is 44.7 Å². The Balaban J connectivity index is 0.00000240. The smallest absolute Gasteiger partial charge is 0.158 e. The van der Waals surface area contributed by atoms with Crippen molar-refractivity contribution in [3.05, 3.63) is 96.1 Å². The van der Waals surface area contributed by atoms with E-state index in [1.165, 1.54) is 0 Å². The quantitative estimate of drug-likeness (QED) is 0.436. The van der Waals surface area contributed by atoms with Crippen LogP contribution in [0.25, 0.3) is 5.57 Å². The van der Waals surface area contributed by atoms with Gasteiger partial charge < -0.3 is 9.84 Å². The molecule has 0 spiro atoms. The highest BCUT2D eigenvalue weighted by atomic mass is 16.5. The zero-order valence-electron chi connectivity index (χ0n) is 16.9. The largest absolute Gasteiger partial charge is 0.496 e. The Morgan fingerprint density at radius 1 is 1.21 bits per heavy atom. The second-order valence-electron chi connectivity index (χ2n) is 7.38. The number of aliphatic hydroxyl groups is 1. The van der Waals surface area contributed by atoms with E-state index in [4.69, 9.17) is 4.74 Å². The lowest BCUT2D eigenvalue weighted by atomic mass is 9.95. The topological polar surface area (TPSA) is 46.5 Å². The number of aliphatic hydroxyl groups excluding tert-OH is 1. The maximum atomic E-state index is 12.6. The van der Waals surface area contributed by atoms with Gasteiger partial charge in [0.15, 0.2) is 5.78 Å². The van der Waals surface area contributed by atoms with E-state index in [0.29, 0.717) is 24.8 Å². The first kappa shape index (κ1) is 20.8. The van der Waals surface area contributed by atoms with Crippen LogP contribution in [0.5, 0.6) is 5.75 Å². The van der Waals surface area contributed by atoms with Crippen molar-refractivity contribution in [1.29, 1.82) is 0 Å². The number of methoxy groups -OCH3 is 1. The Kier molecular flexibility index (Phi) is 6.84. The Bertz CT molecular complexity index is 949. The fraction of sp³-hybridized carbons (Fsp3) is 0.269. The molecule has 3 nitrogen and oxygen atoms in total.